The van der Waals surface area contributed by atoms with E-state index in [4.69, 9.17) is 5.11 Å². The lowest BCUT2D eigenvalue weighted by Gasteiger charge is -2.28. The van der Waals surface area contributed by atoms with Gasteiger partial charge in [0.15, 0.2) is 17.0 Å². The zero-order valence-electron chi connectivity index (χ0n) is 18.4. The van der Waals surface area contributed by atoms with Gasteiger partial charge in [-0.15, -0.1) is 13.2 Å². The van der Waals surface area contributed by atoms with Crippen LogP contribution < -0.4 is 4.74 Å². The van der Waals surface area contributed by atoms with Crippen molar-refractivity contribution >= 4 is 17.4 Å². The molecule has 1 aliphatic heterocycles. The Bertz CT molecular complexity index is 1400. The molecule has 0 aliphatic carbocycles. The first kappa shape index (κ1) is 22.0. The highest BCUT2D eigenvalue weighted by Crippen LogP contribution is 2.34. The van der Waals surface area contributed by atoms with E-state index in [1.54, 1.807) is 29.2 Å². The number of ether oxygens (including phenoxy) is 1. The number of nitrogens with zero attached hydrogens (tertiary/aromatic N) is 6. The van der Waals surface area contributed by atoms with Crippen molar-refractivity contribution < 1.29 is 27.8 Å². The van der Waals surface area contributed by atoms with Crippen LogP contribution in [-0.2, 0) is 0 Å². The van der Waals surface area contributed by atoms with Crippen LogP contribution in [0.1, 0.15) is 35.7 Å². The van der Waals surface area contributed by atoms with Crippen LogP contribution in [0.25, 0.3) is 22.6 Å². The molecule has 1 fully saturated rings. The van der Waals surface area contributed by atoms with E-state index in [1.807, 2.05) is 13.8 Å². The summed E-state index contributed by atoms with van der Waals surface area (Å²) < 4.78 is 47.1. The van der Waals surface area contributed by atoms with Gasteiger partial charge >= 0.3 is 12.5 Å². The Labute approximate surface area is 191 Å². The molecule has 9 nitrogen and oxygen atoms in total. The smallest absolute Gasteiger partial charge is 0.465 e. The minimum absolute atomic E-state index is 0.0352. The number of alkyl halides is 3. The van der Waals surface area contributed by atoms with Gasteiger partial charge < -0.3 is 19.1 Å². The molecule has 34 heavy (non-hydrogen) atoms. The average molecular weight is 474 g/mol. The minimum Gasteiger partial charge on any atom is -0.465 e. The molecule has 4 aromatic heterocycles. The first-order chi connectivity index (χ1) is 16.1. The van der Waals surface area contributed by atoms with Gasteiger partial charge in [0, 0.05) is 37.0 Å². The number of hydrogen-bond donors (Lipinski definition) is 1. The summed E-state index contributed by atoms with van der Waals surface area (Å²) in [5.74, 6) is -0.496. The lowest BCUT2D eigenvalue weighted by Crippen LogP contribution is -2.36. The van der Waals surface area contributed by atoms with Gasteiger partial charge in [-0.1, -0.05) is 0 Å². The molecule has 0 atom stereocenters. The van der Waals surface area contributed by atoms with Crippen LogP contribution in [0.3, 0.4) is 0 Å². The van der Waals surface area contributed by atoms with E-state index in [-0.39, 0.29) is 11.6 Å². The van der Waals surface area contributed by atoms with Crippen LogP contribution in [-0.4, -0.2) is 59.5 Å². The van der Waals surface area contributed by atoms with E-state index in [1.165, 1.54) is 15.4 Å². The van der Waals surface area contributed by atoms with Crippen LogP contribution in [0.4, 0.5) is 18.0 Å². The second-order valence-corrected chi connectivity index (χ2v) is 8.44. The Morgan fingerprint density at radius 1 is 1.09 bits per heavy atom. The van der Waals surface area contributed by atoms with Crippen LogP contribution in [0.5, 0.6) is 5.75 Å². The van der Waals surface area contributed by atoms with E-state index in [9.17, 15) is 18.0 Å². The highest BCUT2D eigenvalue weighted by atomic mass is 19.4. The van der Waals surface area contributed by atoms with Crippen LogP contribution >= 0.6 is 0 Å². The van der Waals surface area contributed by atoms with Crippen molar-refractivity contribution in [3.63, 3.8) is 0 Å². The molecule has 5 heterocycles. The monoisotopic (exact) mass is 474 g/mol. The van der Waals surface area contributed by atoms with Gasteiger partial charge in [-0.05, 0) is 44.4 Å². The van der Waals surface area contributed by atoms with Gasteiger partial charge in [0.25, 0.3) is 0 Å². The van der Waals surface area contributed by atoms with Gasteiger partial charge in [0.1, 0.15) is 0 Å². The highest BCUT2D eigenvalue weighted by Gasteiger charge is 2.33. The summed E-state index contributed by atoms with van der Waals surface area (Å²) in [6.07, 6.45) is 0.288. The number of fused-ring (bicyclic) bond motifs is 2. The number of carboxylic acid groups (broad SMARTS) is 1. The molecule has 0 spiro atoms. The third kappa shape index (κ3) is 4.11. The maximum atomic E-state index is 13.2. The Morgan fingerprint density at radius 3 is 2.50 bits per heavy atom. The average Bonchev–Trinajstić information content (AvgIpc) is 3.36. The largest absolute Gasteiger partial charge is 0.573 e. The number of halogens is 3. The molecule has 1 saturated heterocycles. The van der Waals surface area contributed by atoms with Crippen molar-refractivity contribution in [2.45, 2.75) is 39.0 Å². The number of aromatic nitrogens is 5. The number of aryl methyl sites for hydroxylation is 2. The van der Waals surface area contributed by atoms with Gasteiger partial charge in [-0.25, -0.2) is 19.3 Å². The molecule has 1 amide bonds. The number of amides is 1. The summed E-state index contributed by atoms with van der Waals surface area (Å²) in [6, 6.07) is 3.05. The summed E-state index contributed by atoms with van der Waals surface area (Å²) >= 11 is 0. The Morgan fingerprint density at radius 2 is 1.82 bits per heavy atom. The normalized spacial score (nSPS) is 15.4. The lowest BCUT2D eigenvalue weighted by molar-refractivity contribution is -0.274. The zero-order chi connectivity index (χ0) is 24.2. The third-order valence-corrected chi connectivity index (χ3v) is 5.97. The van der Waals surface area contributed by atoms with Gasteiger partial charge in [-0.2, -0.15) is 5.10 Å². The van der Waals surface area contributed by atoms with Crippen molar-refractivity contribution in [1.29, 1.82) is 0 Å². The molecule has 1 N–H and O–H groups in total. The molecule has 0 aromatic carbocycles. The van der Waals surface area contributed by atoms with Gasteiger partial charge in [0.05, 0.1) is 23.3 Å². The van der Waals surface area contributed by atoms with Crippen LogP contribution in [0.2, 0.25) is 0 Å². The van der Waals surface area contributed by atoms with Crippen molar-refractivity contribution in [1.82, 2.24) is 28.9 Å². The summed E-state index contributed by atoms with van der Waals surface area (Å²) in [6.45, 7) is 4.39. The molecule has 0 unspecified atom stereocenters. The molecule has 178 valence electrons. The molecular formula is C22H21F3N6O3. The fourth-order valence-corrected chi connectivity index (χ4v) is 4.38. The first-order valence-electron chi connectivity index (χ1n) is 10.7. The van der Waals surface area contributed by atoms with Gasteiger partial charge in [-0.3, -0.25) is 0 Å². The second kappa shape index (κ2) is 7.89. The Kier molecular flexibility index (Phi) is 5.10. The second-order valence-electron chi connectivity index (χ2n) is 8.44. The van der Waals surface area contributed by atoms with Crippen LogP contribution in [0.15, 0.2) is 30.7 Å². The van der Waals surface area contributed by atoms with Crippen molar-refractivity contribution in [3.8, 4) is 17.0 Å². The molecular weight excluding hydrogens is 453 g/mol. The molecule has 4 aromatic rings. The standard InChI is InChI=1S/C22H21F3N6O3/c1-12-7-16(28-31-9-13(2)26-19(12)31)15-8-18(34-22(23,24)25)20-27-17(11-30(20)10-15)14-3-5-29(6-4-14)21(32)33/h7-11,14H,3-6H2,1-2H3,(H,32,33). The first-order valence-corrected chi connectivity index (χ1v) is 10.7. The van der Waals surface area contributed by atoms with Crippen molar-refractivity contribution in [2.75, 3.05) is 13.1 Å². The molecule has 0 bridgehead atoms. The molecule has 12 heteroatoms. The van der Waals surface area contributed by atoms with Crippen molar-refractivity contribution in [3.05, 3.63) is 47.7 Å². The Balaban J connectivity index is 1.58. The van der Waals surface area contributed by atoms with Crippen LogP contribution in [0, 0.1) is 13.8 Å². The van der Waals surface area contributed by atoms with E-state index < -0.39 is 18.2 Å². The summed E-state index contributed by atoms with van der Waals surface area (Å²) in [4.78, 5) is 21.3. The number of pyridine rings is 1. The number of imidazole rings is 2. The predicted octanol–water partition coefficient (Wildman–Crippen LogP) is 4.42. The number of likely N-dealkylation sites (tertiary alicyclic amines) is 1. The van der Waals surface area contributed by atoms with Gasteiger partial charge in [0.2, 0.25) is 0 Å². The zero-order valence-corrected chi connectivity index (χ0v) is 18.4. The van der Waals surface area contributed by atoms with E-state index in [2.05, 4.69) is 19.8 Å². The SMILES string of the molecule is Cc1cn2nc(-c3cc(OC(F)(F)F)c4nc(C5CCN(C(=O)O)CC5)cn4c3)cc(C)c2n1. The predicted molar refractivity (Wildman–Crippen MR) is 115 cm³/mol. The van der Waals surface area contributed by atoms with E-state index in [0.29, 0.717) is 48.5 Å². The molecule has 0 saturated carbocycles. The molecule has 5 rings (SSSR count). The number of hydrogen-bond acceptors (Lipinski definition) is 5. The minimum atomic E-state index is -4.90. The van der Waals surface area contributed by atoms with E-state index in [0.717, 1.165) is 11.3 Å². The number of carbonyl (C=O) groups is 1. The van der Waals surface area contributed by atoms with E-state index >= 15 is 0 Å². The van der Waals surface area contributed by atoms with Crippen molar-refractivity contribution in [2.24, 2.45) is 0 Å². The fourth-order valence-electron chi connectivity index (χ4n) is 4.38. The summed E-state index contributed by atoms with van der Waals surface area (Å²) in [5.41, 5.74) is 3.79. The fraction of sp³-hybridized carbons (Fsp3) is 0.364. The maximum absolute atomic E-state index is 13.2. The summed E-state index contributed by atoms with van der Waals surface area (Å²) in [5, 5.41) is 13.7. The molecule has 1 aliphatic rings. The highest BCUT2D eigenvalue weighted by molar-refractivity contribution is 5.69. The topological polar surface area (TPSA) is 97.3 Å². The number of piperidine rings is 1. The third-order valence-electron chi connectivity index (χ3n) is 5.97. The number of rotatable bonds is 3. The Hall–Kier alpha value is -3.83. The maximum Gasteiger partial charge on any atom is 0.573 e. The quantitative estimate of drug-likeness (QED) is 0.472. The summed E-state index contributed by atoms with van der Waals surface area (Å²) in [7, 11) is 0. The lowest BCUT2D eigenvalue weighted by atomic mass is 9.94. The molecule has 0 radical (unpaired) electrons.